The van der Waals surface area contributed by atoms with E-state index in [2.05, 4.69) is 4.98 Å². The van der Waals surface area contributed by atoms with E-state index in [4.69, 9.17) is 14.2 Å². The number of halogens is 3. The summed E-state index contributed by atoms with van der Waals surface area (Å²) < 4.78 is 55.2. The zero-order valence-corrected chi connectivity index (χ0v) is 23.3. The standard InChI is InChI=1S/C33H28F3N3O4/c1-22-17-27(39-16-2-15-38(32(39)40)20-25-7-12-29-30(18-25)42-21-41-29)11-13-28(22)43-31-14-8-24(19-37-31)4-3-23-5-9-26(10-6-23)33(34,35)36/h2,5-15,17-19H,3-4,16,20-21H2,1H3. The number of aromatic nitrogens is 1. The lowest BCUT2D eigenvalue weighted by Crippen LogP contribution is -2.43. The summed E-state index contributed by atoms with van der Waals surface area (Å²) in [5, 5.41) is 0. The smallest absolute Gasteiger partial charge is 0.416 e. The molecule has 0 saturated carbocycles. The Morgan fingerprint density at radius 1 is 0.884 bits per heavy atom. The highest BCUT2D eigenvalue weighted by atomic mass is 19.4. The van der Waals surface area contributed by atoms with Crippen molar-refractivity contribution >= 4 is 11.7 Å². The average molecular weight is 588 g/mol. The monoisotopic (exact) mass is 587 g/mol. The molecule has 2 amide bonds. The molecule has 4 aromatic rings. The van der Waals surface area contributed by atoms with Gasteiger partial charge in [0.2, 0.25) is 12.7 Å². The first-order valence-electron chi connectivity index (χ1n) is 13.8. The Bertz CT molecular complexity index is 1650. The van der Waals surface area contributed by atoms with Crippen molar-refractivity contribution in [3.63, 3.8) is 0 Å². The molecule has 0 saturated heterocycles. The predicted octanol–water partition coefficient (Wildman–Crippen LogP) is 7.67. The maximum Gasteiger partial charge on any atom is 0.416 e. The molecule has 0 spiro atoms. The zero-order chi connectivity index (χ0) is 30.0. The van der Waals surface area contributed by atoms with E-state index in [1.165, 1.54) is 12.1 Å². The largest absolute Gasteiger partial charge is 0.454 e. The van der Waals surface area contributed by atoms with Crippen LogP contribution in [0.3, 0.4) is 0 Å². The van der Waals surface area contributed by atoms with Gasteiger partial charge in [-0.1, -0.05) is 24.3 Å². The molecule has 0 aliphatic carbocycles. The van der Waals surface area contributed by atoms with E-state index >= 15 is 0 Å². The third kappa shape index (κ3) is 6.43. The number of urea groups is 1. The molecule has 2 aliphatic heterocycles. The van der Waals surface area contributed by atoms with Crippen LogP contribution in [0.25, 0.3) is 0 Å². The molecule has 220 valence electrons. The summed E-state index contributed by atoms with van der Waals surface area (Å²) in [5.41, 5.74) is 3.64. The van der Waals surface area contributed by atoms with Gasteiger partial charge >= 0.3 is 12.2 Å². The third-order valence-corrected chi connectivity index (χ3v) is 7.31. The number of ether oxygens (including phenoxy) is 3. The summed E-state index contributed by atoms with van der Waals surface area (Å²) in [6.07, 6.45) is 2.34. The van der Waals surface area contributed by atoms with Gasteiger partial charge in [-0.05, 0) is 90.6 Å². The molecule has 6 rings (SSSR count). The molecule has 0 radical (unpaired) electrons. The van der Waals surface area contributed by atoms with Gasteiger partial charge in [0.05, 0.1) is 12.1 Å². The van der Waals surface area contributed by atoms with E-state index in [0.717, 1.165) is 40.1 Å². The van der Waals surface area contributed by atoms with Crippen LogP contribution >= 0.6 is 0 Å². The first-order valence-corrected chi connectivity index (χ1v) is 13.8. The van der Waals surface area contributed by atoms with Crippen LogP contribution in [0.1, 0.15) is 27.8 Å². The fourth-order valence-corrected chi connectivity index (χ4v) is 4.95. The molecule has 0 bridgehead atoms. The number of fused-ring (bicyclic) bond motifs is 1. The van der Waals surface area contributed by atoms with E-state index in [9.17, 15) is 18.0 Å². The lowest BCUT2D eigenvalue weighted by molar-refractivity contribution is -0.137. The van der Waals surface area contributed by atoms with Crippen LogP contribution in [0.4, 0.5) is 23.7 Å². The maximum absolute atomic E-state index is 13.3. The van der Waals surface area contributed by atoms with E-state index in [1.807, 2.05) is 55.5 Å². The van der Waals surface area contributed by atoms with Crippen LogP contribution in [-0.4, -0.2) is 29.3 Å². The Balaban J connectivity index is 1.06. The van der Waals surface area contributed by atoms with Crippen molar-refractivity contribution < 1.29 is 32.2 Å². The van der Waals surface area contributed by atoms with Gasteiger partial charge in [-0.15, -0.1) is 0 Å². The van der Waals surface area contributed by atoms with Gasteiger partial charge in [0.25, 0.3) is 0 Å². The summed E-state index contributed by atoms with van der Waals surface area (Å²) in [5.74, 6) is 2.41. The number of pyridine rings is 1. The second-order valence-corrected chi connectivity index (χ2v) is 10.3. The van der Waals surface area contributed by atoms with Gasteiger partial charge in [-0.2, -0.15) is 13.2 Å². The minimum atomic E-state index is -4.34. The fraction of sp³-hybridized carbons (Fsp3) is 0.212. The van der Waals surface area contributed by atoms with Crippen molar-refractivity contribution in [2.45, 2.75) is 32.5 Å². The fourth-order valence-electron chi connectivity index (χ4n) is 4.95. The molecule has 10 heteroatoms. The summed E-state index contributed by atoms with van der Waals surface area (Å²) in [6.45, 7) is 2.95. The Labute approximate surface area is 246 Å². The highest BCUT2D eigenvalue weighted by Crippen LogP contribution is 2.34. The number of carbonyl (C=O) groups excluding carboxylic acids is 1. The topological polar surface area (TPSA) is 64.1 Å². The third-order valence-electron chi connectivity index (χ3n) is 7.31. The van der Waals surface area contributed by atoms with Gasteiger partial charge in [0, 0.05) is 30.7 Å². The van der Waals surface area contributed by atoms with Crippen molar-refractivity contribution in [2.24, 2.45) is 0 Å². The minimum absolute atomic E-state index is 0.137. The lowest BCUT2D eigenvalue weighted by atomic mass is 10.0. The van der Waals surface area contributed by atoms with Crippen molar-refractivity contribution in [3.8, 4) is 23.1 Å². The van der Waals surface area contributed by atoms with Crippen LogP contribution in [0.15, 0.2) is 91.3 Å². The molecule has 3 aromatic carbocycles. The number of benzene rings is 3. The van der Waals surface area contributed by atoms with Crippen molar-refractivity contribution in [1.82, 2.24) is 9.88 Å². The predicted molar refractivity (Wildman–Crippen MR) is 154 cm³/mol. The Hall–Kier alpha value is -4.99. The molecule has 0 N–H and O–H groups in total. The van der Waals surface area contributed by atoms with E-state index in [0.29, 0.717) is 49.1 Å². The van der Waals surface area contributed by atoms with Crippen molar-refractivity contribution in [1.29, 1.82) is 0 Å². The van der Waals surface area contributed by atoms with E-state index in [1.54, 1.807) is 28.3 Å². The minimum Gasteiger partial charge on any atom is -0.454 e. The van der Waals surface area contributed by atoms with Gasteiger partial charge < -0.3 is 14.2 Å². The highest BCUT2D eigenvalue weighted by molar-refractivity contribution is 5.94. The van der Waals surface area contributed by atoms with Crippen molar-refractivity contribution in [2.75, 3.05) is 18.2 Å². The molecule has 0 atom stereocenters. The Morgan fingerprint density at radius 2 is 1.63 bits per heavy atom. The number of amides is 2. The number of anilines is 1. The normalized spacial score (nSPS) is 14.4. The SMILES string of the molecule is Cc1cc(N2CC=CN(Cc3ccc4c(c3)OCO4)C2=O)ccc1Oc1ccc(CCc2ccc(C(F)(F)F)cc2)cn1. The maximum atomic E-state index is 13.3. The summed E-state index contributed by atoms with van der Waals surface area (Å²) in [7, 11) is 0. The molecule has 7 nitrogen and oxygen atoms in total. The van der Waals surface area contributed by atoms with Crippen LogP contribution in [0.2, 0.25) is 0 Å². The molecular formula is C33H28F3N3O4. The van der Waals surface area contributed by atoms with Crippen LogP contribution < -0.4 is 19.1 Å². The van der Waals surface area contributed by atoms with Gasteiger partial charge in [0.1, 0.15) is 5.75 Å². The first-order chi connectivity index (χ1) is 20.7. The van der Waals surface area contributed by atoms with Crippen LogP contribution in [0.5, 0.6) is 23.1 Å². The van der Waals surface area contributed by atoms with Crippen LogP contribution in [0, 0.1) is 6.92 Å². The second-order valence-electron chi connectivity index (χ2n) is 10.3. The number of hydrogen-bond acceptors (Lipinski definition) is 5. The van der Waals surface area contributed by atoms with E-state index in [-0.39, 0.29) is 12.8 Å². The number of rotatable bonds is 8. The van der Waals surface area contributed by atoms with Gasteiger partial charge in [-0.3, -0.25) is 9.80 Å². The summed E-state index contributed by atoms with van der Waals surface area (Å²) in [6, 6.07) is 20.0. The van der Waals surface area contributed by atoms with E-state index < -0.39 is 11.7 Å². The van der Waals surface area contributed by atoms with Gasteiger partial charge in [0.15, 0.2) is 11.5 Å². The molecular weight excluding hydrogens is 559 g/mol. The number of carbonyl (C=O) groups is 1. The molecule has 0 unspecified atom stereocenters. The lowest BCUT2D eigenvalue weighted by Gasteiger charge is -2.32. The number of hydrogen-bond donors (Lipinski definition) is 0. The molecule has 0 fully saturated rings. The Kier molecular flexibility index (Phi) is 7.67. The molecule has 2 aliphatic rings. The van der Waals surface area contributed by atoms with Gasteiger partial charge in [-0.25, -0.2) is 9.78 Å². The quantitative estimate of drug-likeness (QED) is 0.212. The van der Waals surface area contributed by atoms with Crippen LogP contribution in [-0.2, 0) is 25.6 Å². The zero-order valence-electron chi connectivity index (χ0n) is 23.3. The summed E-state index contributed by atoms with van der Waals surface area (Å²) >= 11 is 0. The highest BCUT2D eigenvalue weighted by Gasteiger charge is 2.30. The Morgan fingerprint density at radius 3 is 2.37 bits per heavy atom. The van der Waals surface area contributed by atoms with Crippen molar-refractivity contribution in [3.05, 3.63) is 119 Å². The first kappa shape index (κ1) is 28.1. The second kappa shape index (κ2) is 11.7. The average Bonchev–Trinajstić information content (AvgIpc) is 3.47. The summed E-state index contributed by atoms with van der Waals surface area (Å²) in [4.78, 5) is 21.1. The number of nitrogens with zero attached hydrogens (tertiary/aromatic N) is 3. The molecule has 43 heavy (non-hydrogen) atoms. The molecule has 1 aromatic heterocycles. The molecule has 3 heterocycles. The number of aryl methyl sites for hydroxylation is 3. The number of alkyl halides is 3.